The van der Waals surface area contributed by atoms with E-state index in [0.29, 0.717) is 6.42 Å². The number of carboxylic acids is 1. The molecule has 0 bridgehead atoms. The molecule has 2 unspecified atom stereocenters. The average molecular weight is 281 g/mol. The highest BCUT2D eigenvalue weighted by molar-refractivity contribution is 8.01. The van der Waals surface area contributed by atoms with Crippen LogP contribution in [0.1, 0.15) is 12.0 Å². The summed E-state index contributed by atoms with van der Waals surface area (Å²) in [5.41, 5.74) is 1.17. The van der Waals surface area contributed by atoms with Gasteiger partial charge in [-0.2, -0.15) is 0 Å². The predicted molar refractivity (Wildman–Crippen MR) is 71.1 cm³/mol. The Morgan fingerprint density at radius 2 is 2.16 bits per heavy atom. The summed E-state index contributed by atoms with van der Waals surface area (Å²) in [4.78, 5) is 23.4. The molecule has 6 heteroatoms. The first kappa shape index (κ1) is 13.9. The van der Waals surface area contributed by atoms with Gasteiger partial charge in [-0.3, -0.25) is 4.79 Å². The lowest BCUT2D eigenvalue weighted by atomic mass is 10.1. The number of carbonyl (C=O) groups is 2. The third-order valence-electron chi connectivity index (χ3n) is 2.94. The van der Waals surface area contributed by atoms with Crippen LogP contribution in [0.2, 0.25) is 0 Å². The number of amides is 1. The Balaban J connectivity index is 1.79. The molecule has 102 valence electrons. The zero-order chi connectivity index (χ0) is 13.8. The third-order valence-corrected chi connectivity index (χ3v) is 4.26. The Morgan fingerprint density at radius 1 is 1.42 bits per heavy atom. The van der Waals surface area contributed by atoms with Crippen LogP contribution in [0.3, 0.4) is 0 Å². The molecule has 0 saturated heterocycles. The van der Waals surface area contributed by atoms with E-state index in [2.05, 4.69) is 5.32 Å². The first-order chi connectivity index (χ1) is 9.08. The van der Waals surface area contributed by atoms with Gasteiger partial charge < -0.3 is 15.5 Å². The normalized spacial score (nSPS) is 18.7. The van der Waals surface area contributed by atoms with E-state index in [-0.39, 0.29) is 24.1 Å². The van der Waals surface area contributed by atoms with Gasteiger partial charge in [0.1, 0.15) is 0 Å². The molecule has 1 amide bonds. The topological polar surface area (TPSA) is 86.6 Å². The minimum Gasteiger partial charge on any atom is -0.479 e. The number of carboxylic acid groups (broad SMARTS) is 1. The molecule has 2 atom stereocenters. The molecule has 0 saturated carbocycles. The van der Waals surface area contributed by atoms with Crippen molar-refractivity contribution in [2.75, 3.05) is 6.54 Å². The maximum atomic E-state index is 11.9. The lowest BCUT2D eigenvalue weighted by Gasteiger charge is -2.10. The molecule has 0 radical (unpaired) electrons. The third kappa shape index (κ3) is 3.48. The van der Waals surface area contributed by atoms with E-state index in [4.69, 9.17) is 10.2 Å². The molecule has 0 spiro atoms. The molecule has 3 N–H and O–H groups in total. The second kappa shape index (κ2) is 6.08. The van der Waals surface area contributed by atoms with Crippen LogP contribution in [0, 0.1) is 0 Å². The zero-order valence-corrected chi connectivity index (χ0v) is 11.0. The Bertz CT molecular complexity index is 466. The van der Waals surface area contributed by atoms with Crippen LogP contribution in [0.25, 0.3) is 0 Å². The van der Waals surface area contributed by atoms with E-state index in [9.17, 15) is 9.59 Å². The highest BCUT2D eigenvalue weighted by atomic mass is 32.2. The van der Waals surface area contributed by atoms with Crippen molar-refractivity contribution in [3.63, 3.8) is 0 Å². The molecule has 1 aliphatic heterocycles. The number of aliphatic hydroxyl groups excluding tert-OH is 1. The maximum Gasteiger partial charge on any atom is 0.332 e. The van der Waals surface area contributed by atoms with E-state index >= 15 is 0 Å². The number of aliphatic carboxylic acids is 1. The van der Waals surface area contributed by atoms with Crippen LogP contribution in [0.5, 0.6) is 0 Å². The average Bonchev–Trinajstić information content (AvgIpc) is 2.82. The van der Waals surface area contributed by atoms with Crippen molar-refractivity contribution in [3.05, 3.63) is 29.8 Å². The summed E-state index contributed by atoms with van der Waals surface area (Å²) in [5.74, 6) is -1.38. The van der Waals surface area contributed by atoms with Crippen LogP contribution < -0.4 is 5.32 Å². The molecule has 19 heavy (non-hydrogen) atoms. The van der Waals surface area contributed by atoms with Gasteiger partial charge in [0.25, 0.3) is 0 Å². The monoisotopic (exact) mass is 281 g/mol. The smallest absolute Gasteiger partial charge is 0.332 e. The van der Waals surface area contributed by atoms with Gasteiger partial charge in [-0.05, 0) is 18.1 Å². The van der Waals surface area contributed by atoms with Gasteiger partial charge >= 0.3 is 5.97 Å². The fourth-order valence-corrected chi connectivity index (χ4v) is 3.12. The number of fused-ring (bicyclic) bond motifs is 1. The Morgan fingerprint density at radius 3 is 2.84 bits per heavy atom. The van der Waals surface area contributed by atoms with Crippen molar-refractivity contribution in [2.45, 2.75) is 29.1 Å². The fourth-order valence-electron chi connectivity index (χ4n) is 1.90. The van der Waals surface area contributed by atoms with Gasteiger partial charge in [-0.25, -0.2) is 4.79 Å². The summed E-state index contributed by atoms with van der Waals surface area (Å²) in [6.07, 6.45) is -0.715. The number of rotatable bonds is 5. The van der Waals surface area contributed by atoms with Crippen molar-refractivity contribution >= 4 is 23.6 Å². The maximum absolute atomic E-state index is 11.9. The molecule has 0 fully saturated rings. The number of thioether (sulfide) groups is 1. The van der Waals surface area contributed by atoms with Crippen LogP contribution in [0.15, 0.2) is 29.2 Å². The van der Waals surface area contributed by atoms with Gasteiger partial charge in [-0.1, -0.05) is 18.2 Å². The Labute approximate surface area is 115 Å². The minimum atomic E-state index is -1.42. The first-order valence-electron chi connectivity index (χ1n) is 6.01. The first-order valence-corrected chi connectivity index (χ1v) is 6.89. The molecule has 1 aromatic carbocycles. The molecular weight excluding hydrogens is 266 g/mol. The van der Waals surface area contributed by atoms with Crippen molar-refractivity contribution in [1.29, 1.82) is 0 Å². The summed E-state index contributed by atoms with van der Waals surface area (Å²) in [6, 6.07) is 7.88. The quantitative estimate of drug-likeness (QED) is 0.738. The minimum absolute atomic E-state index is 0.0193. The van der Waals surface area contributed by atoms with Gasteiger partial charge in [0.15, 0.2) is 6.10 Å². The molecule has 0 aromatic heterocycles. The van der Waals surface area contributed by atoms with E-state index in [1.165, 1.54) is 17.3 Å². The van der Waals surface area contributed by atoms with E-state index in [0.717, 1.165) is 4.90 Å². The largest absolute Gasteiger partial charge is 0.479 e. The fraction of sp³-hybridized carbons (Fsp3) is 0.385. The van der Waals surface area contributed by atoms with Crippen LogP contribution >= 0.6 is 11.8 Å². The second-order valence-electron chi connectivity index (χ2n) is 4.35. The highest BCUT2D eigenvalue weighted by Gasteiger charge is 2.27. The summed E-state index contributed by atoms with van der Waals surface area (Å²) in [7, 11) is 0. The molecule has 5 nitrogen and oxygen atoms in total. The van der Waals surface area contributed by atoms with E-state index in [1.54, 1.807) is 0 Å². The summed E-state index contributed by atoms with van der Waals surface area (Å²) in [5, 5.41) is 20.1. The van der Waals surface area contributed by atoms with Crippen LogP contribution in [0.4, 0.5) is 0 Å². The van der Waals surface area contributed by atoms with E-state index in [1.807, 2.05) is 24.3 Å². The van der Waals surface area contributed by atoms with Crippen molar-refractivity contribution in [1.82, 2.24) is 5.32 Å². The number of nitrogens with one attached hydrogen (secondary N) is 1. The number of aliphatic hydroxyl groups is 1. The number of carbonyl (C=O) groups excluding carboxylic acids is 1. The SMILES string of the molecule is O=C(O)C(O)CCNC(=O)C1Cc2ccccc2S1. The number of hydrogen-bond acceptors (Lipinski definition) is 4. The lowest BCUT2D eigenvalue weighted by Crippen LogP contribution is -2.35. The molecule has 2 rings (SSSR count). The van der Waals surface area contributed by atoms with Gasteiger partial charge in [0.05, 0.1) is 5.25 Å². The Kier molecular flexibility index (Phi) is 4.44. The standard InChI is InChI=1S/C13H15NO4S/c15-9(13(17)18)5-6-14-12(16)11-7-8-3-1-2-4-10(8)19-11/h1-4,9,11,15H,5-7H2,(H,14,16)(H,17,18). The summed E-state index contributed by atoms with van der Waals surface area (Å²) in [6.45, 7) is 0.166. The van der Waals surface area contributed by atoms with E-state index < -0.39 is 12.1 Å². The number of hydrogen-bond donors (Lipinski definition) is 3. The van der Waals surface area contributed by atoms with Gasteiger partial charge in [0, 0.05) is 17.9 Å². The summed E-state index contributed by atoms with van der Waals surface area (Å²) < 4.78 is 0. The van der Waals surface area contributed by atoms with Crippen molar-refractivity contribution in [2.24, 2.45) is 0 Å². The lowest BCUT2D eigenvalue weighted by molar-refractivity contribution is -0.147. The van der Waals surface area contributed by atoms with Crippen LogP contribution in [-0.4, -0.2) is 40.0 Å². The van der Waals surface area contributed by atoms with Crippen molar-refractivity contribution in [3.8, 4) is 0 Å². The van der Waals surface area contributed by atoms with Crippen molar-refractivity contribution < 1.29 is 19.8 Å². The van der Waals surface area contributed by atoms with Crippen LogP contribution in [-0.2, 0) is 16.0 Å². The number of benzene rings is 1. The highest BCUT2D eigenvalue weighted by Crippen LogP contribution is 2.36. The molecule has 1 heterocycles. The van der Waals surface area contributed by atoms with Gasteiger partial charge in [0.2, 0.25) is 5.91 Å². The zero-order valence-electron chi connectivity index (χ0n) is 10.2. The molecule has 1 aromatic rings. The summed E-state index contributed by atoms with van der Waals surface area (Å²) >= 11 is 1.52. The molecule has 0 aliphatic carbocycles. The predicted octanol–water partition coefficient (Wildman–Crippen LogP) is 0.655. The van der Waals surface area contributed by atoms with Gasteiger partial charge in [-0.15, -0.1) is 11.8 Å². The molecule has 1 aliphatic rings. The Hall–Kier alpha value is -1.53. The molecular formula is C13H15NO4S. The second-order valence-corrected chi connectivity index (χ2v) is 5.60.